The van der Waals surface area contributed by atoms with Crippen LogP contribution >= 0.6 is 0 Å². The molecule has 0 fully saturated rings. The van der Waals surface area contributed by atoms with Crippen LogP contribution in [0.1, 0.15) is 17.0 Å². The van der Waals surface area contributed by atoms with Gasteiger partial charge in [-0.05, 0) is 41.5 Å². The number of hydrogen-bond acceptors (Lipinski definition) is 6. The first-order valence-corrected chi connectivity index (χ1v) is 12.3. The highest BCUT2D eigenvalue weighted by Crippen LogP contribution is 2.38. The summed E-state index contributed by atoms with van der Waals surface area (Å²) < 4.78 is 90.4. The summed E-state index contributed by atoms with van der Waals surface area (Å²) in [4.78, 5) is 18.6. The molecule has 0 spiro atoms. The predicted octanol–water partition coefficient (Wildman–Crippen LogP) is 7.67. The van der Waals surface area contributed by atoms with Crippen molar-refractivity contribution in [3.8, 4) is 39.7 Å². The molecule has 0 unspecified atom stereocenters. The number of benzene rings is 2. The minimum atomic E-state index is -5.00. The zero-order valence-electron chi connectivity index (χ0n) is 21.6. The largest absolute Gasteiger partial charge is 0.511 e. The van der Waals surface area contributed by atoms with E-state index in [9.17, 15) is 31.1 Å². The Hall–Kier alpha value is -5.40. The molecule has 0 amide bonds. The number of carboxylic acid groups (broad SMARTS) is 1. The molecule has 1 N–H and O–H groups in total. The van der Waals surface area contributed by atoms with Crippen molar-refractivity contribution < 1.29 is 45.7 Å². The third-order valence-corrected chi connectivity index (χ3v) is 6.05. The van der Waals surface area contributed by atoms with E-state index < -0.39 is 35.6 Å². The van der Waals surface area contributed by atoms with Crippen molar-refractivity contribution >= 4 is 6.16 Å². The van der Waals surface area contributed by atoms with Crippen LogP contribution < -0.4 is 9.47 Å². The minimum absolute atomic E-state index is 0.0928. The lowest BCUT2D eigenvalue weighted by molar-refractivity contribution is -0.144. The van der Waals surface area contributed by atoms with Crippen LogP contribution in [0.3, 0.4) is 0 Å². The lowest BCUT2D eigenvalue weighted by Crippen LogP contribution is -2.17. The van der Waals surface area contributed by atoms with Gasteiger partial charge in [-0.2, -0.15) is 31.4 Å². The molecular weight excluding hydrogens is 582 g/mol. The van der Waals surface area contributed by atoms with E-state index in [2.05, 4.69) is 19.8 Å². The van der Waals surface area contributed by atoms with Crippen LogP contribution in [-0.2, 0) is 19.0 Å². The van der Waals surface area contributed by atoms with E-state index in [0.29, 0.717) is 33.3 Å². The summed E-state index contributed by atoms with van der Waals surface area (Å²) in [6.07, 6.45) is -9.67. The van der Waals surface area contributed by atoms with E-state index in [0.717, 1.165) is 17.8 Å². The predicted molar refractivity (Wildman–Crippen MR) is 139 cm³/mol. The van der Waals surface area contributed by atoms with Gasteiger partial charge in [0.15, 0.2) is 17.3 Å². The molecule has 0 aliphatic heterocycles. The number of alkyl halides is 6. The van der Waals surface area contributed by atoms with E-state index in [4.69, 9.17) is 9.84 Å². The lowest BCUT2D eigenvalue weighted by Gasteiger charge is -2.14. The molecule has 43 heavy (non-hydrogen) atoms. The highest BCUT2D eigenvalue weighted by atomic mass is 19.4. The zero-order chi connectivity index (χ0) is 30.8. The number of rotatable bonds is 7. The summed E-state index contributed by atoms with van der Waals surface area (Å²) in [5, 5.41) is 12.4. The third-order valence-electron chi connectivity index (χ3n) is 6.05. The number of halogens is 6. The lowest BCUT2D eigenvalue weighted by atomic mass is 10.1. The average molecular weight is 600 g/mol. The number of ether oxygens (including phenoxy) is 2. The number of para-hydroxylation sites is 1. The highest BCUT2D eigenvalue weighted by Gasteiger charge is 2.41. The Bertz CT molecular complexity index is 1750. The van der Waals surface area contributed by atoms with Crippen molar-refractivity contribution in [3.05, 3.63) is 108 Å². The molecule has 0 radical (unpaired) electrons. The SMILES string of the molecule is O=C(O)Oc1cnn(-c2cccc(-c3ccccc3OCc3ccc(-c4ccc(C(F)(F)F)nc4)cc3)n2)c1C(F)(F)F. The summed E-state index contributed by atoms with van der Waals surface area (Å²) in [7, 11) is 0. The summed E-state index contributed by atoms with van der Waals surface area (Å²) >= 11 is 0. The van der Waals surface area contributed by atoms with Crippen LogP contribution in [0.2, 0.25) is 0 Å². The topological polar surface area (TPSA) is 99.4 Å². The summed E-state index contributed by atoms with van der Waals surface area (Å²) in [6, 6.07) is 20.1. The Kier molecular flexibility index (Phi) is 7.76. The van der Waals surface area contributed by atoms with Crippen molar-refractivity contribution in [1.82, 2.24) is 19.7 Å². The number of hydrogen-bond donors (Lipinski definition) is 1. The van der Waals surface area contributed by atoms with Gasteiger partial charge < -0.3 is 14.6 Å². The van der Waals surface area contributed by atoms with Crippen LogP contribution in [0.4, 0.5) is 31.1 Å². The average Bonchev–Trinajstić information content (AvgIpc) is 3.40. The van der Waals surface area contributed by atoms with Gasteiger partial charge in [0.2, 0.25) is 0 Å². The normalized spacial score (nSPS) is 11.8. The standard InChI is InChI=1S/C29H18F6N4O4/c30-28(31,32)24-13-12-19(14-36-24)18-10-8-17(9-11-18)16-42-22-6-2-1-4-20(22)21-5-3-7-25(38-21)39-26(29(33,34)35)23(15-37-39)43-27(40)41/h1-15H,16H2,(H,40,41). The quantitative estimate of drug-likeness (QED) is 0.151. The fourth-order valence-corrected chi connectivity index (χ4v) is 4.12. The van der Waals surface area contributed by atoms with Crippen molar-refractivity contribution in [3.63, 3.8) is 0 Å². The molecule has 0 aliphatic rings. The van der Waals surface area contributed by atoms with Gasteiger partial charge in [0, 0.05) is 17.3 Å². The van der Waals surface area contributed by atoms with Gasteiger partial charge in [0.25, 0.3) is 0 Å². The van der Waals surface area contributed by atoms with E-state index in [-0.39, 0.29) is 18.1 Å². The summed E-state index contributed by atoms with van der Waals surface area (Å²) in [5.74, 6) is -0.862. The minimum Gasteiger partial charge on any atom is -0.488 e. The van der Waals surface area contributed by atoms with Gasteiger partial charge in [0.1, 0.15) is 18.1 Å². The van der Waals surface area contributed by atoms with Crippen molar-refractivity contribution in [2.75, 3.05) is 0 Å². The molecule has 5 rings (SSSR count). The molecule has 2 aromatic carbocycles. The molecule has 220 valence electrons. The monoisotopic (exact) mass is 600 g/mol. The second kappa shape index (κ2) is 11.5. The van der Waals surface area contributed by atoms with Crippen LogP contribution in [0, 0.1) is 0 Å². The fraction of sp³-hybridized carbons (Fsp3) is 0.103. The third kappa shape index (κ3) is 6.58. The first-order chi connectivity index (χ1) is 20.4. The maximum atomic E-state index is 13.8. The van der Waals surface area contributed by atoms with Gasteiger partial charge in [-0.1, -0.05) is 48.5 Å². The molecule has 5 aromatic rings. The maximum Gasteiger partial charge on any atom is 0.511 e. The molecule has 0 atom stereocenters. The second-order valence-corrected chi connectivity index (χ2v) is 8.93. The highest BCUT2D eigenvalue weighted by molar-refractivity contribution is 5.68. The Morgan fingerprint density at radius 2 is 1.51 bits per heavy atom. The number of nitrogens with zero attached hydrogens (tertiary/aromatic N) is 4. The Morgan fingerprint density at radius 1 is 0.791 bits per heavy atom. The molecular formula is C29H18F6N4O4. The molecule has 0 saturated carbocycles. The van der Waals surface area contributed by atoms with Crippen LogP contribution in [-0.4, -0.2) is 31.0 Å². The Morgan fingerprint density at radius 3 is 2.16 bits per heavy atom. The van der Waals surface area contributed by atoms with E-state index in [1.54, 1.807) is 54.6 Å². The Labute approximate surface area is 238 Å². The summed E-state index contributed by atoms with van der Waals surface area (Å²) in [5.41, 5.74) is 0.172. The van der Waals surface area contributed by atoms with Gasteiger partial charge >= 0.3 is 18.5 Å². The van der Waals surface area contributed by atoms with E-state index in [1.807, 2.05) is 0 Å². The molecule has 0 bridgehead atoms. The smallest absolute Gasteiger partial charge is 0.488 e. The molecule has 3 aromatic heterocycles. The van der Waals surface area contributed by atoms with Crippen LogP contribution in [0.5, 0.6) is 11.5 Å². The molecule has 0 aliphatic carbocycles. The number of pyridine rings is 2. The van der Waals surface area contributed by atoms with Gasteiger partial charge in [-0.15, -0.1) is 0 Å². The Balaban J connectivity index is 1.36. The van der Waals surface area contributed by atoms with E-state index in [1.165, 1.54) is 18.2 Å². The molecule has 14 heteroatoms. The molecule has 0 saturated heterocycles. The van der Waals surface area contributed by atoms with Crippen molar-refractivity contribution in [2.24, 2.45) is 0 Å². The van der Waals surface area contributed by atoms with Crippen molar-refractivity contribution in [2.45, 2.75) is 19.0 Å². The second-order valence-electron chi connectivity index (χ2n) is 8.93. The zero-order valence-corrected chi connectivity index (χ0v) is 21.6. The van der Waals surface area contributed by atoms with Crippen LogP contribution in [0.15, 0.2) is 91.3 Å². The fourth-order valence-electron chi connectivity index (χ4n) is 4.12. The van der Waals surface area contributed by atoms with E-state index >= 15 is 0 Å². The molecule has 3 heterocycles. The maximum absolute atomic E-state index is 13.8. The van der Waals surface area contributed by atoms with Gasteiger partial charge in [-0.3, -0.25) is 4.98 Å². The number of carbonyl (C=O) groups is 1. The molecule has 8 nitrogen and oxygen atoms in total. The van der Waals surface area contributed by atoms with Crippen LogP contribution in [0.25, 0.3) is 28.2 Å². The number of aromatic nitrogens is 4. The summed E-state index contributed by atoms with van der Waals surface area (Å²) in [6.45, 7) is 0.0928. The first-order valence-electron chi connectivity index (χ1n) is 12.3. The van der Waals surface area contributed by atoms with Crippen molar-refractivity contribution in [1.29, 1.82) is 0 Å². The van der Waals surface area contributed by atoms with Gasteiger partial charge in [-0.25, -0.2) is 14.5 Å². The first kappa shape index (κ1) is 29.1. The van der Waals surface area contributed by atoms with Gasteiger partial charge in [0.05, 0.1) is 11.9 Å².